The van der Waals surface area contributed by atoms with Crippen molar-refractivity contribution in [1.82, 2.24) is 9.03 Å². The summed E-state index contributed by atoms with van der Waals surface area (Å²) in [4.78, 5) is 11.4. The van der Waals surface area contributed by atoms with Gasteiger partial charge in [-0.3, -0.25) is 9.31 Å². The van der Waals surface area contributed by atoms with Crippen molar-refractivity contribution in [3.63, 3.8) is 0 Å². The Hall–Kier alpha value is -2.03. The Kier molecular flexibility index (Phi) is 1.31. The summed E-state index contributed by atoms with van der Waals surface area (Å²) in [6.07, 6.45) is 5.54. The smallest absolute Gasteiger partial charge is 0.267 e. The van der Waals surface area contributed by atoms with Crippen molar-refractivity contribution in [3.8, 4) is 0 Å². The van der Waals surface area contributed by atoms with Crippen molar-refractivity contribution in [2.75, 3.05) is 0 Å². The van der Waals surface area contributed by atoms with E-state index in [1.807, 2.05) is 36.7 Å². The monoisotopic (exact) mass is 184 g/mol. The molecule has 3 aromatic rings. The molecule has 0 unspecified atom stereocenters. The van der Waals surface area contributed by atoms with Crippen molar-refractivity contribution in [2.24, 2.45) is 0 Å². The quantitative estimate of drug-likeness (QED) is 0.520. The highest BCUT2D eigenvalue weighted by atomic mass is 16.1. The molecule has 0 radical (unpaired) electrons. The first-order chi connectivity index (χ1) is 6.84. The predicted octanol–water partition coefficient (Wildman–Crippen LogP) is 1.55. The molecule has 0 fully saturated rings. The lowest BCUT2D eigenvalue weighted by molar-refractivity contribution is 0.803. The Bertz CT molecular complexity index is 663. The fourth-order valence-electron chi connectivity index (χ4n) is 1.66. The lowest BCUT2D eigenvalue weighted by Gasteiger charge is -2.00. The Morgan fingerprint density at radius 2 is 1.64 bits per heavy atom. The molecular formula is C11H8N2O. The molecule has 0 amide bonds. The molecule has 2 aromatic heterocycles. The van der Waals surface area contributed by atoms with Gasteiger partial charge in [-0.2, -0.15) is 0 Å². The number of fused-ring (bicyclic) bond motifs is 2. The van der Waals surface area contributed by atoms with E-state index in [0.717, 1.165) is 10.8 Å². The van der Waals surface area contributed by atoms with E-state index < -0.39 is 0 Å². The van der Waals surface area contributed by atoms with Gasteiger partial charge >= 0.3 is 0 Å². The second-order valence-electron chi connectivity index (χ2n) is 3.27. The summed E-state index contributed by atoms with van der Waals surface area (Å²) in [7, 11) is 0. The van der Waals surface area contributed by atoms with Crippen molar-refractivity contribution in [1.29, 1.82) is 0 Å². The Morgan fingerprint density at radius 3 is 2.43 bits per heavy atom. The van der Waals surface area contributed by atoms with Gasteiger partial charge in [-0.25, -0.2) is 4.52 Å². The van der Waals surface area contributed by atoms with Crippen LogP contribution in [-0.4, -0.2) is 9.03 Å². The van der Waals surface area contributed by atoms with Gasteiger partial charge in [-0.1, -0.05) is 24.3 Å². The normalized spacial score (nSPS) is 11.1. The van der Waals surface area contributed by atoms with Crippen LogP contribution < -0.4 is 5.56 Å². The number of aromatic nitrogens is 2. The van der Waals surface area contributed by atoms with E-state index in [9.17, 15) is 4.79 Å². The molecule has 0 N–H and O–H groups in total. The second-order valence-corrected chi connectivity index (χ2v) is 3.27. The lowest BCUT2D eigenvalue weighted by Crippen LogP contribution is -2.09. The van der Waals surface area contributed by atoms with E-state index in [4.69, 9.17) is 0 Å². The number of benzene rings is 1. The van der Waals surface area contributed by atoms with Gasteiger partial charge < -0.3 is 0 Å². The largest absolute Gasteiger partial charge is 0.271 e. The molecule has 0 saturated carbocycles. The van der Waals surface area contributed by atoms with Crippen LogP contribution in [0.5, 0.6) is 0 Å². The average molecular weight is 184 g/mol. The van der Waals surface area contributed by atoms with Crippen molar-refractivity contribution < 1.29 is 0 Å². The molecule has 0 atom stereocenters. The number of hydrogen-bond acceptors (Lipinski definition) is 1. The highest BCUT2D eigenvalue weighted by Crippen LogP contribution is 2.10. The molecule has 0 aliphatic carbocycles. The number of hydrogen-bond donors (Lipinski definition) is 0. The van der Waals surface area contributed by atoms with Crippen molar-refractivity contribution in [2.45, 2.75) is 0 Å². The Morgan fingerprint density at radius 1 is 0.929 bits per heavy atom. The van der Waals surface area contributed by atoms with Crippen LogP contribution in [0.1, 0.15) is 0 Å². The molecule has 3 heteroatoms. The van der Waals surface area contributed by atoms with Gasteiger partial charge in [0.2, 0.25) is 0 Å². The maximum absolute atomic E-state index is 11.4. The minimum atomic E-state index is -0.00393. The molecule has 0 aliphatic heterocycles. The Balaban J connectivity index is 2.61. The highest BCUT2D eigenvalue weighted by Gasteiger charge is 1.97. The van der Waals surface area contributed by atoms with Gasteiger partial charge in [-0.15, -0.1) is 0 Å². The second kappa shape index (κ2) is 2.48. The zero-order valence-electron chi connectivity index (χ0n) is 7.42. The summed E-state index contributed by atoms with van der Waals surface area (Å²) in [5.74, 6) is 0. The maximum Gasteiger partial charge on any atom is 0.271 e. The number of rotatable bonds is 0. The summed E-state index contributed by atoms with van der Waals surface area (Å²) in [5.41, 5.74) is -0.00393. The first kappa shape index (κ1) is 7.38. The van der Waals surface area contributed by atoms with E-state index in [2.05, 4.69) is 0 Å². The molecular weight excluding hydrogens is 176 g/mol. The zero-order valence-corrected chi connectivity index (χ0v) is 7.42. The van der Waals surface area contributed by atoms with Crippen LogP contribution in [0.25, 0.3) is 10.8 Å². The van der Waals surface area contributed by atoms with E-state index in [1.165, 1.54) is 0 Å². The molecule has 2 heterocycles. The summed E-state index contributed by atoms with van der Waals surface area (Å²) in [6.45, 7) is 0. The minimum absolute atomic E-state index is 0.00393. The van der Waals surface area contributed by atoms with Crippen LogP contribution in [0.3, 0.4) is 0 Å². The van der Waals surface area contributed by atoms with Crippen LogP contribution >= 0.6 is 0 Å². The molecule has 0 aliphatic rings. The zero-order chi connectivity index (χ0) is 9.54. The van der Waals surface area contributed by atoms with Gasteiger partial charge in [0, 0.05) is 35.4 Å². The third-order valence-corrected chi connectivity index (χ3v) is 2.37. The standard InChI is InChI=1S/C11H8N2O/c14-11-5-6-12-7-9-3-1-2-4-10(9)8-13(11)12/h1-8H. The van der Waals surface area contributed by atoms with Gasteiger partial charge in [-0.05, 0) is 0 Å². The predicted molar refractivity (Wildman–Crippen MR) is 54.6 cm³/mol. The summed E-state index contributed by atoms with van der Waals surface area (Å²) < 4.78 is 3.37. The fourth-order valence-corrected chi connectivity index (χ4v) is 1.66. The average Bonchev–Trinajstić information content (AvgIpc) is 2.57. The molecule has 3 nitrogen and oxygen atoms in total. The molecule has 0 saturated heterocycles. The van der Waals surface area contributed by atoms with E-state index >= 15 is 0 Å². The van der Waals surface area contributed by atoms with Gasteiger partial charge in [0.1, 0.15) is 0 Å². The first-order valence-electron chi connectivity index (χ1n) is 4.43. The van der Waals surface area contributed by atoms with Crippen LogP contribution in [-0.2, 0) is 0 Å². The molecule has 0 bridgehead atoms. The summed E-state index contributed by atoms with van der Waals surface area (Å²) >= 11 is 0. The SMILES string of the molecule is O=c1ccn2cc3ccccc3cn12. The van der Waals surface area contributed by atoms with Crippen LogP contribution in [0, 0.1) is 0 Å². The molecule has 0 spiro atoms. The Labute approximate surface area is 79.8 Å². The van der Waals surface area contributed by atoms with E-state index in [-0.39, 0.29) is 5.56 Å². The maximum atomic E-state index is 11.4. The van der Waals surface area contributed by atoms with Gasteiger partial charge in [0.05, 0.1) is 0 Å². The lowest BCUT2D eigenvalue weighted by atomic mass is 10.2. The third-order valence-electron chi connectivity index (χ3n) is 2.37. The van der Waals surface area contributed by atoms with Crippen LogP contribution in [0.15, 0.2) is 53.7 Å². The molecule has 1 aromatic carbocycles. The summed E-state index contributed by atoms with van der Waals surface area (Å²) in [5, 5.41) is 2.20. The van der Waals surface area contributed by atoms with Crippen molar-refractivity contribution in [3.05, 3.63) is 59.3 Å². The molecule has 14 heavy (non-hydrogen) atoms. The fraction of sp³-hybridized carbons (Fsp3) is 0. The molecule has 3 rings (SSSR count). The van der Waals surface area contributed by atoms with Crippen LogP contribution in [0.4, 0.5) is 0 Å². The summed E-state index contributed by atoms with van der Waals surface area (Å²) in [6, 6.07) is 9.53. The topological polar surface area (TPSA) is 25.9 Å². The van der Waals surface area contributed by atoms with Gasteiger partial charge in [0.25, 0.3) is 5.56 Å². The minimum Gasteiger partial charge on any atom is -0.267 e. The third kappa shape index (κ3) is 0.893. The van der Waals surface area contributed by atoms with E-state index in [0.29, 0.717) is 0 Å². The van der Waals surface area contributed by atoms with Gasteiger partial charge in [0.15, 0.2) is 0 Å². The molecule has 68 valence electrons. The highest BCUT2D eigenvalue weighted by molar-refractivity contribution is 5.80. The van der Waals surface area contributed by atoms with E-state index in [1.54, 1.807) is 21.3 Å². The van der Waals surface area contributed by atoms with Crippen LogP contribution in [0.2, 0.25) is 0 Å². The van der Waals surface area contributed by atoms with Crippen molar-refractivity contribution >= 4 is 10.8 Å². The number of nitrogens with zero attached hydrogens (tertiary/aromatic N) is 2. The first-order valence-corrected chi connectivity index (χ1v) is 4.43.